The Kier molecular flexibility index (Phi) is 8.73. The van der Waals surface area contributed by atoms with Crippen molar-refractivity contribution in [2.45, 2.75) is 90.3 Å². The Hall–Kier alpha value is -1.63. The summed E-state index contributed by atoms with van der Waals surface area (Å²) in [6, 6.07) is 10.4. The van der Waals surface area contributed by atoms with E-state index in [4.69, 9.17) is 0 Å². The molecule has 0 radical (unpaired) electrons. The summed E-state index contributed by atoms with van der Waals surface area (Å²) in [6.07, 6.45) is 6.02. The largest absolute Gasteiger partial charge is 0.377 e. The van der Waals surface area contributed by atoms with E-state index in [0.717, 1.165) is 37.8 Å². The van der Waals surface area contributed by atoms with E-state index >= 15 is 0 Å². The van der Waals surface area contributed by atoms with Gasteiger partial charge in [-0.3, -0.25) is 9.69 Å². The summed E-state index contributed by atoms with van der Waals surface area (Å²) in [6.45, 7) is 9.42. The average Bonchev–Trinajstić information content (AvgIpc) is 2.70. The lowest BCUT2D eigenvalue weighted by Crippen LogP contribution is -2.44. The molecule has 0 heterocycles. The average molecular weight is 384 g/mol. The van der Waals surface area contributed by atoms with E-state index in [0.29, 0.717) is 24.9 Å². The molecule has 1 aromatic carbocycles. The molecular formula is C25H37NO2. The van der Waals surface area contributed by atoms with Crippen LogP contribution in [0.25, 0.3) is 0 Å². The highest BCUT2D eigenvalue weighted by atomic mass is 16.3. The summed E-state index contributed by atoms with van der Waals surface area (Å²) in [5, 5.41) is 11.6. The van der Waals surface area contributed by atoms with Crippen LogP contribution in [0.15, 0.2) is 30.3 Å². The molecule has 0 aliphatic heterocycles. The number of hydrogen-bond donors (Lipinski definition) is 1. The molecule has 1 aromatic rings. The lowest BCUT2D eigenvalue weighted by Gasteiger charge is -2.37. The number of rotatable bonds is 8. The number of ketones is 1. The van der Waals surface area contributed by atoms with Gasteiger partial charge in [-0.05, 0) is 52.0 Å². The van der Waals surface area contributed by atoms with Gasteiger partial charge < -0.3 is 5.11 Å². The number of hydrogen-bond acceptors (Lipinski definition) is 3. The van der Waals surface area contributed by atoms with E-state index in [1.54, 1.807) is 0 Å². The van der Waals surface area contributed by atoms with E-state index in [-0.39, 0.29) is 11.7 Å². The first kappa shape index (κ1) is 22.7. The fourth-order valence-electron chi connectivity index (χ4n) is 4.40. The number of Topliss-reactive ketones (excluding diaryl/α,β-unsaturated/α-hetero) is 1. The monoisotopic (exact) mass is 383 g/mol. The fraction of sp³-hybridized carbons (Fsp3) is 0.640. The highest BCUT2D eigenvalue weighted by Crippen LogP contribution is 2.40. The molecule has 1 aliphatic carbocycles. The molecule has 1 N–H and O–H groups in total. The second-order valence-corrected chi connectivity index (χ2v) is 8.60. The molecule has 1 saturated carbocycles. The minimum atomic E-state index is -1.37. The van der Waals surface area contributed by atoms with Crippen molar-refractivity contribution in [1.29, 1.82) is 0 Å². The van der Waals surface area contributed by atoms with Crippen LogP contribution < -0.4 is 0 Å². The van der Waals surface area contributed by atoms with Crippen LogP contribution in [0.4, 0.5) is 0 Å². The van der Waals surface area contributed by atoms with Gasteiger partial charge in [0.25, 0.3) is 0 Å². The third-order valence-electron chi connectivity index (χ3n) is 6.03. The lowest BCUT2D eigenvalue weighted by atomic mass is 9.70. The molecule has 2 rings (SSSR count). The Bertz CT molecular complexity index is 657. The molecule has 0 amide bonds. The zero-order valence-electron chi connectivity index (χ0n) is 18.1. The zero-order chi connectivity index (χ0) is 20.6. The Morgan fingerprint density at radius 2 is 1.68 bits per heavy atom. The number of aliphatic hydroxyl groups is 1. The predicted molar refractivity (Wildman–Crippen MR) is 116 cm³/mol. The molecule has 3 heteroatoms. The van der Waals surface area contributed by atoms with Gasteiger partial charge in [0.15, 0.2) is 11.4 Å². The molecule has 0 saturated heterocycles. The maximum Gasteiger partial charge on any atom is 0.170 e. The molecule has 154 valence electrons. The van der Waals surface area contributed by atoms with Gasteiger partial charge in [0, 0.05) is 24.9 Å². The van der Waals surface area contributed by atoms with E-state index in [9.17, 15) is 9.90 Å². The topological polar surface area (TPSA) is 40.5 Å². The van der Waals surface area contributed by atoms with Crippen LogP contribution in [0, 0.1) is 17.8 Å². The summed E-state index contributed by atoms with van der Waals surface area (Å²) in [5.74, 6) is 6.31. The first-order chi connectivity index (χ1) is 13.4. The van der Waals surface area contributed by atoms with Crippen molar-refractivity contribution in [2.24, 2.45) is 5.92 Å². The second-order valence-electron chi connectivity index (χ2n) is 8.60. The van der Waals surface area contributed by atoms with Crippen molar-refractivity contribution in [3.05, 3.63) is 35.9 Å². The summed E-state index contributed by atoms with van der Waals surface area (Å²) < 4.78 is 0. The van der Waals surface area contributed by atoms with E-state index < -0.39 is 5.60 Å². The molecule has 3 nitrogen and oxygen atoms in total. The van der Waals surface area contributed by atoms with E-state index in [1.165, 1.54) is 6.42 Å². The summed E-state index contributed by atoms with van der Waals surface area (Å²) in [4.78, 5) is 15.5. The van der Waals surface area contributed by atoms with Crippen molar-refractivity contribution in [2.75, 3.05) is 6.54 Å². The third kappa shape index (κ3) is 5.69. The maximum absolute atomic E-state index is 13.1. The second kappa shape index (κ2) is 10.8. The van der Waals surface area contributed by atoms with Crippen LogP contribution >= 0.6 is 0 Å². The van der Waals surface area contributed by atoms with Crippen molar-refractivity contribution < 1.29 is 9.90 Å². The number of carbonyl (C=O) groups excluding carboxylic acids is 1. The molecule has 28 heavy (non-hydrogen) atoms. The van der Waals surface area contributed by atoms with Crippen LogP contribution in [0.2, 0.25) is 0 Å². The zero-order valence-corrected chi connectivity index (χ0v) is 18.1. The van der Waals surface area contributed by atoms with E-state index in [1.807, 2.05) is 30.3 Å². The Morgan fingerprint density at radius 3 is 2.25 bits per heavy atom. The smallest absolute Gasteiger partial charge is 0.170 e. The minimum Gasteiger partial charge on any atom is -0.377 e. The molecule has 0 spiro atoms. The molecule has 0 aromatic heterocycles. The number of carbonyl (C=O) groups is 1. The SMILES string of the molecule is CC(C)N(CC#CCCC(=O)C(O)(c1ccccc1)C1CCCCC1)C(C)C. The van der Waals surface area contributed by atoms with Crippen molar-refractivity contribution in [3.63, 3.8) is 0 Å². The lowest BCUT2D eigenvalue weighted by molar-refractivity contribution is -0.146. The molecular weight excluding hydrogens is 346 g/mol. The Labute approximate surface area is 171 Å². The summed E-state index contributed by atoms with van der Waals surface area (Å²) in [5.41, 5.74) is -0.628. The van der Waals surface area contributed by atoms with Crippen molar-refractivity contribution >= 4 is 5.78 Å². The van der Waals surface area contributed by atoms with Gasteiger partial charge in [-0.1, -0.05) is 55.5 Å². The van der Waals surface area contributed by atoms with Gasteiger partial charge >= 0.3 is 0 Å². The number of benzene rings is 1. The Balaban J connectivity index is 2.05. The summed E-state index contributed by atoms with van der Waals surface area (Å²) in [7, 11) is 0. The highest BCUT2D eigenvalue weighted by Gasteiger charge is 2.44. The molecule has 1 atom stereocenters. The van der Waals surface area contributed by atoms with Gasteiger partial charge in [-0.15, -0.1) is 5.92 Å². The van der Waals surface area contributed by atoms with Crippen LogP contribution in [0.3, 0.4) is 0 Å². The molecule has 1 fully saturated rings. The molecule has 0 bridgehead atoms. The van der Waals surface area contributed by atoms with E-state index in [2.05, 4.69) is 44.4 Å². The Morgan fingerprint density at radius 1 is 1.07 bits per heavy atom. The van der Waals surface area contributed by atoms with Gasteiger partial charge in [-0.25, -0.2) is 0 Å². The normalized spacial score (nSPS) is 17.4. The first-order valence-electron chi connectivity index (χ1n) is 10.9. The quantitative estimate of drug-likeness (QED) is 0.647. The predicted octanol–water partition coefficient (Wildman–Crippen LogP) is 4.93. The van der Waals surface area contributed by atoms with Gasteiger partial charge in [0.2, 0.25) is 0 Å². The first-order valence-corrected chi connectivity index (χ1v) is 10.9. The van der Waals surface area contributed by atoms with Gasteiger partial charge in [0.1, 0.15) is 0 Å². The fourth-order valence-corrected chi connectivity index (χ4v) is 4.40. The van der Waals surface area contributed by atoms with Crippen LogP contribution in [-0.2, 0) is 10.4 Å². The van der Waals surface area contributed by atoms with Crippen molar-refractivity contribution in [3.8, 4) is 11.8 Å². The molecule has 1 aliphatic rings. The third-order valence-corrected chi connectivity index (χ3v) is 6.03. The van der Waals surface area contributed by atoms with Crippen molar-refractivity contribution in [1.82, 2.24) is 4.90 Å². The minimum absolute atomic E-state index is 0.0153. The standard InChI is InChI=1S/C25H37NO2/c1-20(2)26(21(3)4)19-13-7-12-18-24(27)25(28,22-14-8-5-9-15-22)23-16-10-6-11-17-23/h5,8-9,14-15,20-21,23,28H,6,10-12,16-19H2,1-4H3. The summed E-state index contributed by atoms with van der Waals surface area (Å²) >= 11 is 0. The van der Waals surface area contributed by atoms with Gasteiger partial charge in [0.05, 0.1) is 6.54 Å². The van der Waals surface area contributed by atoms with Crippen LogP contribution in [0.1, 0.15) is 78.2 Å². The highest BCUT2D eigenvalue weighted by molar-refractivity contribution is 5.88. The number of nitrogens with zero attached hydrogens (tertiary/aromatic N) is 1. The van der Waals surface area contributed by atoms with Gasteiger partial charge in [-0.2, -0.15) is 0 Å². The maximum atomic E-state index is 13.1. The molecule has 1 unspecified atom stereocenters. The van der Waals surface area contributed by atoms with Crippen LogP contribution in [0.5, 0.6) is 0 Å². The van der Waals surface area contributed by atoms with Crippen LogP contribution in [-0.4, -0.2) is 34.4 Å².